The highest BCUT2D eigenvalue weighted by Gasteiger charge is 2.30. The number of ether oxygens (including phenoxy) is 2. The minimum absolute atomic E-state index is 0.0566. The van der Waals surface area contributed by atoms with Crippen molar-refractivity contribution < 1.29 is 19.1 Å². The number of nitrogens with one attached hydrogen (secondary N) is 2. The van der Waals surface area contributed by atoms with Gasteiger partial charge in [0.05, 0.1) is 31.6 Å². The van der Waals surface area contributed by atoms with Crippen LogP contribution in [0.3, 0.4) is 0 Å². The first kappa shape index (κ1) is 26.8. The maximum absolute atomic E-state index is 14.0. The molecular formula is C32H35N5O4. The third-order valence-corrected chi connectivity index (χ3v) is 8.16. The number of benzene rings is 2. The van der Waals surface area contributed by atoms with Crippen molar-refractivity contribution >= 4 is 28.7 Å². The molecule has 4 aromatic rings. The van der Waals surface area contributed by atoms with Crippen molar-refractivity contribution in [1.29, 1.82) is 0 Å². The molecule has 0 radical (unpaired) electrons. The molecule has 41 heavy (non-hydrogen) atoms. The number of carbonyl (C=O) groups is 2. The van der Waals surface area contributed by atoms with E-state index in [2.05, 4.69) is 28.3 Å². The number of likely N-dealkylation sites (tertiary alicyclic amines) is 1. The lowest BCUT2D eigenvalue weighted by molar-refractivity contribution is 0.0564. The first-order valence-corrected chi connectivity index (χ1v) is 14.3. The molecule has 2 saturated heterocycles. The molecule has 4 heterocycles. The van der Waals surface area contributed by atoms with Crippen LogP contribution in [0.15, 0.2) is 60.9 Å². The summed E-state index contributed by atoms with van der Waals surface area (Å²) in [6, 6.07) is 15.6. The standard InChI is InChI=1S/C32H35N5O4/c1-3-23-7-6-12-37(23)31(38)26-17-21(10-11-28(26)35-32(39)36-13-15-41-16-14-36)22-18-25-27(20-34-30(25)33-19-22)24-8-4-5-9-29(24)40-2/h4-5,8-11,17-20,23H,3,6-7,12-16H2,1-2H3,(H,33,34)(H,35,39)/t23-/m0/s1. The topological polar surface area (TPSA) is 99.8 Å². The zero-order chi connectivity index (χ0) is 28.3. The second kappa shape index (κ2) is 11.6. The number of rotatable bonds is 6. The molecule has 0 aliphatic carbocycles. The monoisotopic (exact) mass is 553 g/mol. The highest BCUT2D eigenvalue weighted by atomic mass is 16.5. The van der Waals surface area contributed by atoms with Crippen molar-refractivity contribution in [3.8, 4) is 28.0 Å². The second-order valence-electron chi connectivity index (χ2n) is 10.5. The Bertz CT molecular complexity index is 1580. The summed E-state index contributed by atoms with van der Waals surface area (Å²) in [6.45, 7) is 4.90. The number of anilines is 1. The highest BCUT2D eigenvalue weighted by molar-refractivity contribution is 6.05. The Morgan fingerprint density at radius 2 is 1.90 bits per heavy atom. The van der Waals surface area contributed by atoms with Gasteiger partial charge in [0.2, 0.25) is 0 Å². The van der Waals surface area contributed by atoms with Gasteiger partial charge in [0, 0.05) is 60.1 Å². The van der Waals surface area contributed by atoms with Gasteiger partial charge in [0.25, 0.3) is 5.91 Å². The minimum atomic E-state index is -0.222. The van der Waals surface area contributed by atoms with Crippen molar-refractivity contribution in [3.63, 3.8) is 0 Å². The Hall–Kier alpha value is -4.37. The van der Waals surface area contributed by atoms with Crippen molar-refractivity contribution in [2.75, 3.05) is 45.3 Å². The maximum atomic E-state index is 14.0. The van der Waals surface area contributed by atoms with Gasteiger partial charge in [-0.15, -0.1) is 0 Å². The number of hydrogen-bond acceptors (Lipinski definition) is 5. The van der Waals surface area contributed by atoms with E-state index >= 15 is 0 Å². The van der Waals surface area contributed by atoms with Gasteiger partial charge < -0.3 is 29.6 Å². The molecule has 0 unspecified atom stereocenters. The summed E-state index contributed by atoms with van der Waals surface area (Å²) in [5.41, 5.74) is 5.46. The molecule has 212 valence electrons. The number of para-hydroxylation sites is 1. The predicted molar refractivity (Wildman–Crippen MR) is 159 cm³/mol. The highest BCUT2D eigenvalue weighted by Crippen LogP contribution is 2.37. The molecule has 3 amide bonds. The second-order valence-corrected chi connectivity index (χ2v) is 10.5. The summed E-state index contributed by atoms with van der Waals surface area (Å²) in [5, 5.41) is 3.97. The third-order valence-electron chi connectivity index (χ3n) is 8.16. The Kier molecular flexibility index (Phi) is 7.61. The van der Waals surface area contributed by atoms with Crippen LogP contribution in [-0.2, 0) is 4.74 Å². The summed E-state index contributed by atoms with van der Waals surface area (Å²) in [4.78, 5) is 38.7. The molecule has 2 aliphatic rings. The van der Waals surface area contributed by atoms with E-state index < -0.39 is 0 Å². The number of morpholine rings is 1. The van der Waals surface area contributed by atoms with Gasteiger partial charge in [0.15, 0.2) is 0 Å². The number of aromatic amines is 1. The van der Waals surface area contributed by atoms with E-state index in [9.17, 15) is 9.59 Å². The van der Waals surface area contributed by atoms with E-state index in [1.165, 1.54) is 0 Å². The molecule has 2 aliphatic heterocycles. The lowest BCUT2D eigenvalue weighted by atomic mass is 9.99. The average molecular weight is 554 g/mol. The lowest BCUT2D eigenvalue weighted by Crippen LogP contribution is -2.43. The fraction of sp³-hybridized carbons (Fsp3) is 0.344. The summed E-state index contributed by atoms with van der Waals surface area (Å²) >= 11 is 0. The Morgan fingerprint density at radius 1 is 1.07 bits per heavy atom. The van der Waals surface area contributed by atoms with Gasteiger partial charge in [-0.1, -0.05) is 31.2 Å². The predicted octanol–water partition coefficient (Wildman–Crippen LogP) is 5.78. The van der Waals surface area contributed by atoms with Gasteiger partial charge in [-0.05, 0) is 49.1 Å². The van der Waals surface area contributed by atoms with E-state index in [0.29, 0.717) is 37.6 Å². The molecule has 0 saturated carbocycles. The molecule has 6 rings (SSSR count). The first-order chi connectivity index (χ1) is 20.1. The van der Waals surface area contributed by atoms with Crippen molar-refractivity contribution in [2.45, 2.75) is 32.2 Å². The number of nitrogens with zero attached hydrogens (tertiary/aromatic N) is 3. The molecule has 9 heteroatoms. The van der Waals surface area contributed by atoms with E-state index in [1.807, 2.05) is 59.8 Å². The third kappa shape index (κ3) is 5.25. The first-order valence-electron chi connectivity index (χ1n) is 14.3. The number of hydrogen-bond donors (Lipinski definition) is 2. The summed E-state index contributed by atoms with van der Waals surface area (Å²) < 4.78 is 11.0. The number of carbonyl (C=O) groups excluding carboxylic acids is 2. The van der Waals surface area contributed by atoms with Crippen molar-refractivity contribution in [2.24, 2.45) is 0 Å². The van der Waals surface area contributed by atoms with E-state index in [1.54, 1.807) is 12.0 Å². The Labute approximate surface area is 239 Å². The zero-order valence-electron chi connectivity index (χ0n) is 23.5. The fourth-order valence-corrected chi connectivity index (χ4v) is 5.90. The molecule has 0 bridgehead atoms. The van der Waals surface area contributed by atoms with Gasteiger partial charge in [-0.25, -0.2) is 9.78 Å². The largest absolute Gasteiger partial charge is 0.496 e. The molecule has 1 atom stereocenters. The molecular weight excluding hydrogens is 518 g/mol. The van der Waals surface area contributed by atoms with Gasteiger partial charge in [0.1, 0.15) is 11.4 Å². The van der Waals surface area contributed by atoms with Gasteiger partial charge in [-0.2, -0.15) is 0 Å². The smallest absolute Gasteiger partial charge is 0.322 e. The van der Waals surface area contributed by atoms with Gasteiger partial charge in [-0.3, -0.25) is 4.79 Å². The fourth-order valence-electron chi connectivity index (χ4n) is 5.90. The number of methoxy groups -OCH3 is 1. The normalized spacial score (nSPS) is 17.2. The Balaban J connectivity index is 1.39. The number of urea groups is 1. The maximum Gasteiger partial charge on any atom is 0.322 e. The van der Waals surface area contributed by atoms with Crippen LogP contribution in [0.25, 0.3) is 33.3 Å². The summed E-state index contributed by atoms with van der Waals surface area (Å²) in [5.74, 6) is 0.724. The molecule has 0 spiro atoms. The summed E-state index contributed by atoms with van der Waals surface area (Å²) in [6.07, 6.45) is 6.64. The average Bonchev–Trinajstić information content (AvgIpc) is 3.68. The van der Waals surface area contributed by atoms with Crippen LogP contribution >= 0.6 is 0 Å². The number of amides is 3. The van der Waals surface area contributed by atoms with E-state index in [4.69, 9.17) is 9.47 Å². The van der Waals surface area contributed by atoms with Crippen LogP contribution < -0.4 is 10.1 Å². The van der Waals surface area contributed by atoms with E-state index in [0.717, 1.165) is 64.8 Å². The van der Waals surface area contributed by atoms with Crippen LogP contribution in [0, 0.1) is 0 Å². The van der Waals surface area contributed by atoms with Gasteiger partial charge >= 0.3 is 6.03 Å². The number of fused-ring (bicyclic) bond motifs is 1. The molecule has 2 N–H and O–H groups in total. The molecule has 2 fully saturated rings. The number of pyridine rings is 1. The Morgan fingerprint density at radius 3 is 2.71 bits per heavy atom. The van der Waals surface area contributed by atoms with Crippen LogP contribution in [0.2, 0.25) is 0 Å². The SMILES string of the molecule is CC[C@H]1CCCN1C(=O)c1cc(-c2cnc3[nH]cc(-c4ccccc4OC)c3c2)ccc1NC(=O)N1CCOCC1. The lowest BCUT2D eigenvalue weighted by Gasteiger charge is -2.28. The van der Waals surface area contributed by atoms with Crippen LogP contribution in [0.5, 0.6) is 5.75 Å². The van der Waals surface area contributed by atoms with Crippen LogP contribution in [-0.4, -0.2) is 77.7 Å². The van der Waals surface area contributed by atoms with Crippen LogP contribution in [0.4, 0.5) is 10.5 Å². The number of aromatic nitrogens is 2. The molecule has 2 aromatic carbocycles. The zero-order valence-corrected chi connectivity index (χ0v) is 23.5. The van der Waals surface area contributed by atoms with E-state index in [-0.39, 0.29) is 18.0 Å². The minimum Gasteiger partial charge on any atom is -0.496 e. The molecule has 9 nitrogen and oxygen atoms in total. The molecule has 2 aromatic heterocycles. The summed E-state index contributed by atoms with van der Waals surface area (Å²) in [7, 11) is 1.67. The quantitative estimate of drug-likeness (QED) is 0.315. The van der Waals surface area contributed by atoms with Crippen LogP contribution in [0.1, 0.15) is 36.5 Å². The number of H-pyrrole nitrogens is 1. The van der Waals surface area contributed by atoms with Crippen molar-refractivity contribution in [1.82, 2.24) is 19.8 Å². The van der Waals surface area contributed by atoms with Crippen molar-refractivity contribution in [3.05, 3.63) is 66.5 Å².